The van der Waals surface area contributed by atoms with Crippen molar-refractivity contribution in [1.82, 2.24) is 0 Å². The number of ether oxygens (including phenoxy) is 3. The summed E-state index contributed by atoms with van der Waals surface area (Å²) < 4.78 is 16.1. The molecule has 2 aromatic rings. The number of rotatable bonds is 4. The molecule has 130 valence electrons. The molecule has 0 fully saturated rings. The van der Waals surface area contributed by atoms with Crippen LogP contribution >= 0.6 is 0 Å². The molecule has 1 N–H and O–H groups in total. The second-order valence-corrected chi connectivity index (χ2v) is 5.62. The van der Waals surface area contributed by atoms with E-state index >= 15 is 0 Å². The van der Waals surface area contributed by atoms with Gasteiger partial charge in [-0.1, -0.05) is 12.1 Å². The number of carbonyl (C=O) groups excluding carboxylic acids is 1. The molecule has 0 aliphatic carbocycles. The Morgan fingerprint density at radius 2 is 2.00 bits per heavy atom. The first-order valence-electron chi connectivity index (χ1n) is 7.72. The van der Waals surface area contributed by atoms with Gasteiger partial charge in [0.15, 0.2) is 23.0 Å². The van der Waals surface area contributed by atoms with Gasteiger partial charge >= 0.3 is 0 Å². The third-order valence-corrected chi connectivity index (χ3v) is 3.90. The molecule has 25 heavy (non-hydrogen) atoms. The second kappa shape index (κ2) is 6.86. The summed E-state index contributed by atoms with van der Waals surface area (Å²) in [5, 5.41) is 9.95. The van der Waals surface area contributed by atoms with E-state index < -0.39 is 0 Å². The van der Waals surface area contributed by atoms with E-state index in [2.05, 4.69) is 0 Å². The Balaban J connectivity index is 2.04. The molecular formula is C19H19NO5. The van der Waals surface area contributed by atoms with E-state index in [0.717, 1.165) is 0 Å². The van der Waals surface area contributed by atoms with Crippen molar-refractivity contribution >= 4 is 17.7 Å². The molecule has 6 nitrogen and oxygen atoms in total. The molecule has 0 unspecified atom stereocenters. The van der Waals surface area contributed by atoms with Crippen molar-refractivity contribution < 1.29 is 24.1 Å². The summed E-state index contributed by atoms with van der Waals surface area (Å²) in [7, 11) is 3.01. The Morgan fingerprint density at radius 3 is 2.72 bits per heavy atom. The average Bonchev–Trinajstić information content (AvgIpc) is 2.61. The highest BCUT2D eigenvalue weighted by Crippen LogP contribution is 2.36. The number of phenols is 1. The maximum atomic E-state index is 12.8. The number of anilines is 1. The van der Waals surface area contributed by atoms with Gasteiger partial charge in [-0.2, -0.15) is 0 Å². The minimum Gasteiger partial charge on any atom is -0.504 e. The number of fused-ring (bicyclic) bond motifs is 1. The van der Waals surface area contributed by atoms with Crippen LogP contribution in [0.25, 0.3) is 6.08 Å². The normalized spacial score (nSPS) is 15.1. The third kappa shape index (κ3) is 3.16. The fourth-order valence-electron chi connectivity index (χ4n) is 2.68. The van der Waals surface area contributed by atoms with Crippen molar-refractivity contribution in [2.24, 2.45) is 0 Å². The zero-order chi connectivity index (χ0) is 18.0. The first-order chi connectivity index (χ1) is 12.0. The molecule has 0 saturated carbocycles. The van der Waals surface area contributed by atoms with Crippen LogP contribution in [0.3, 0.4) is 0 Å². The quantitative estimate of drug-likeness (QED) is 0.866. The molecular weight excluding hydrogens is 322 g/mol. The molecule has 1 amide bonds. The molecule has 1 heterocycles. The van der Waals surface area contributed by atoms with Crippen molar-refractivity contribution in [2.75, 3.05) is 25.9 Å². The third-order valence-electron chi connectivity index (χ3n) is 3.90. The van der Waals surface area contributed by atoms with Crippen molar-refractivity contribution in [3.05, 3.63) is 53.3 Å². The summed E-state index contributed by atoms with van der Waals surface area (Å²) in [4.78, 5) is 14.3. The number of aryl methyl sites for hydroxylation is 1. The fraction of sp³-hybridized carbons (Fsp3) is 0.211. The molecule has 0 radical (unpaired) electrons. The standard InChI is InChI=1S/C19H19NO5/c1-12-8-13(9-16(24-3)18(12)21)10-17-19(22)20(11-23-2)14-6-4-5-7-15(14)25-17/h4-10,21H,11H2,1-3H3. The molecule has 1 aliphatic rings. The van der Waals surface area contributed by atoms with Crippen LogP contribution in [0, 0.1) is 6.92 Å². The van der Waals surface area contributed by atoms with Crippen LogP contribution in [0.5, 0.6) is 17.2 Å². The molecule has 0 spiro atoms. The van der Waals surface area contributed by atoms with Gasteiger partial charge in [-0.05, 0) is 48.4 Å². The lowest BCUT2D eigenvalue weighted by Crippen LogP contribution is -2.38. The van der Waals surface area contributed by atoms with E-state index in [1.54, 1.807) is 37.3 Å². The predicted molar refractivity (Wildman–Crippen MR) is 93.8 cm³/mol. The fourth-order valence-corrected chi connectivity index (χ4v) is 2.68. The number of hydrogen-bond donors (Lipinski definition) is 1. The monoisotopic (exact) mass is 341 g/mol. The minimum atomic E-state index is -0.301. The lowest BCUT2D eigenvalue weighted by molar-refractivity contribution is -0.118. The van der Waals surface area contributed by atoms with Gasteiger partial charge in [0.05, 0.1) is 12.8 Å². The van der Waals surface area contributed by atoms with Crippen LogP contribution in [0.1, 0.15) is 11.1 Å². The van der Waals surface area contributed by atoms with E-state index in [9.17, 15) is 9.90 Å². The Hall–Kier alpha value is -2.99. The number of aromatic hydroxyl groups is 1. The smallest absolute Gasteiger partial charge is 0.296 e. The second-order valence-electron chi connectivity index (χ2n) is 5.62. The van der Waals surface area contributed by atoms with E-state index in [4.69, 9.17) is 14.2 Å². The van der Waals surface area contributed by atoms with E-state index in [-0.39, 0.29) is 24.1 Å². The van der Waals surface area contributed by atoms with Gasteiger partial charge in [-0.15, -0.1) is 0 Å². The largest absolute Gasteiger partial charge is 0.504 e. The number of phenolic OH excluding ortho intramolecular Hbond substituents is 1. The van der Waals surface area contributed by atoms with Crippen molar-refractivity contribution in [2.45, 2.75) is 6.92 Å². The summed E-state index contributed by atoms with van der Waals surface area (Å²) >= 11 is 0. The lowest BCUT2D eigenvalue weighted by Gasteiger charge is -2.29. The highest BCUT2D eigenvalue weighted by atomic mass is 16.5. The zero-order valence-electron chi connectivity index (χ0n) is 14.3. The highest BCUT2D eigenvalue weighted by molar-refractivity contribution is 6.09. The van der Waals surface area contributed by atoms with Crippen molar-refractivity contribution in [1.29, 1.82) is 0 Å². The Bertz CT molecular complexity index is 844. The summed E-state index contributed by atoms with van der Waals surface area (Å²) in [6.07, 6.45) is 1.62. The SMILES string of the molecule is COCN1C(=O)C(=Cc2cc(C)c(O)c(OC)c2)Oc2ccccc21. The van der Waals surface area contributed by atoms with Gasteiger partial charge in [-0.3, -0.25) is 9.69 Å². The Morgan fingerprint density at radius 1 is 1.24 bits per heavy atom. The summed E-state index contributed by atoms with van der Waals surface area (Å²) in [5.74, 6) is 0.858. The zero-order valence-corrected chi connectivity index (χ0v) is 14.3. The van der Waals surface area contributed by atoms with Crippen molar-refractivity contribution in [3.63, 3.8) is 0 Å². The molecule has 0 aromatic heterocycles. The van der Waals surface area contributed by atoms with Crippen LogP contribution in [0.2, 0.25) is 0 Å². The maximum absolute atomic E-state index is 12.8. The number of benzene rings is 2. The maximum Gasteiger partial charge on any atom is 0.296 e. The molecule has 0 atom stereocenters. The van der Waals surface area contributed by atoms with Crippen LogP contribution in [0.15, 0.2) is 42.2 Å². The Labute approximate surface area is 145 Å². The minimum absolute atomic E-state index is 0.0758. The topological polar surface area (TPSA) is 68.2 Å². The van der Waals surface area contributed by atoms with Gasteiger partial charge in [-0.25, -0.2) is 0 Å². The van der Waals surface area contributed by atoms with Crippen molar-refractivity contribution in [3.8, 4) is 17.2 Å². The number of hydrogen-bond acceptors (Lipinski definition) is 5. The van der Waals surface area contributed by atoms with Gasteiger partial charge in [0, 0.05) is 7.11 Å². The van der Waals surface area contributed by atoms with Gasteiger partial charge in [0.1, 0.15) is 6.73 Å². The molecule has 0 saturated heterocycles. The molecule has 1 aliphatic heterocycles. The molecule has 3 rings (SSSR count). The summed E-state index contributed by atoms with van der Waals surface area (Å²) in [5.41, 5.74) is 1.99. The van der Waals surface area contributed by atoms with Crippen LogP contribution in [-0.2, 0) is 9.53 Å². The Kier molecular flexibility index (Phi) is 4.63. The first kappa shape index (κ1) is 16.9. The van der Waals surface area contributed by atoms with E-state index in [0.29, 0.717) is 28.3 Å². The number of para-hydroxylation sites is 2. The number of carbonyl (C=O) groups is 1. The molecule has 2 aromatic carbocycles. The van der Waals surface area contributed by atoms with Crippen LogP contribution in [0.4, 0.5) is 5.69 Å². The molecule has 6 heteroatoms. The lowest BCUT2D eigenvalue weighted by atomic mass is 10.1. The summed E-state index contributed by atoms with van der Waals surface area (Å²) in [6.45, 7) is 1.88. The highest BCUT2D eigenvalue weighted by Gasteiger charge is 2.30. The number of amides is 1. The van der Waals surface area contributed by atoms with E-state index in [1.807, 2.05) is 12.1 Å². The van der Waals surface area contributed by atoms with Crippen LogP contribution < -0.4 is 14.4 Å². The van der Waals surface area contributed by atoms with Crippen LogP contribution in [-0.4, -0.2) is 32.0 Å². The number of nitrogens with zero attached hydrogens (tertiary/aromatic N) is 1. The average molecular weight is 341 g/mol. The first-order valence-corrected chi connectivity index (χ1v) is 7.72. The summed E-state index contributed by atoms with van der Waals surface area (Å²) in [6, 6.07) is 10.7. The van der Waals surface area contributed by atoms with Gasteiger partial charge in [0.2, 0.25) is 0 Å². The molecule has 0 bridgehead atoms. The van der Waals surface area contributed by atoms with E-state index in [1.165, 1.54) is 19.1 Å². The van der Waals surface area contributed by atoms with Gasteiger partial charge < -0.3 is 19.3 Å². The van der Waals surface area contributed by atoms with Gasteiger partial charge in [0.25, 0.3) is 5.91 Å². The predicted octanol–water partition coefficient (Wildman–Crippen LogP) is 3.08. The number of methoxy groups -OCH3 is 2.